The third-order valence-electron chi connectivity index (χ3n) is 4.23. The van der Waals surface area contributed by atoms with Gasteiger partial charge in [0.2, 0.25) is 10.0 Å². The molecule has 0 spiro atoms. The lowest BCUT2D eigenvalue weighted by molar-refractivity contribution is 0.415. The molecule has 0 saturated carbocycles. The molecule has 2 aromatic carbocycles. The Labute approximate surface area is 171 Å². The molecule has 0 aliphatic heterocycles. The van der Waals surface area contributed by atoms with Crippen molar-refractivity contribution in [2.75, 3.05) is 12.5 Å². The van der Waals surface area contributed by atoms with E-state index in [1.807, 2.05) is 40.2 Å². The minimum absolute atomic E-state index is 0.0459. The van der Waals surface area contributed by atoms with E-state index < -0.39 is 10.0 Å². The van der Waals surface area contributed by atoms with Gasteiger partial charge >= 0.3 is 0 Å². The molecule has 0 unspecified atom stereocenters. The number of fused-ring (bicyclic) bond motifs is 1. The second-order valence-electron chi connectivity index (χ2n) is 6.07. The predicted molar refractivity (Wildman–Crippen MR) is 114 cm³/mol. The summed E-state index contributed by atoms with van der Waals surface area (Å²) in [5.74, 6) is 0.773. The molecule has 0 bridgehead atoms. The maximum Gasteiger partial charge on any atom is 0.238 e. The molecule has 8 nitrogen and oxygen atoms in total. The van der Waals surface area contributed by atoms with Crippen molar-refractivity contribution in [2.24, 2.45) is 10.2 Å². The van der Waals surface area contributed by atoms with Crippen LogP contribution >= 0.6 is 11.3 Å². The molecule has 0 fully saturated rings. The number of aromatic nitrogens is 2. The predicted octanol–water partition coefficient (Wildman–Crippen LogP) is 3.16. The summed E-state index contributed by atoms with van der Waals surface area (Å²) in [5, 5.41) is 11.4. The number of hydrogen-bond acceptors (Lipinski definition) is 7. The summed E-state index contributed by atoms with van der Waals surface area (Å²) in [5.41, 5.74) is 6.09. The first-order valence-electron chi connectivity index (χ1n) is 8.47. The van der Waals surface area contributed by atoms with Crippen molar-refractivity contribution in [2.45, 2.75) is 4.90 Å². The molecule has 0 amide bonds. The van der Waals surface area contributed by atoms with Gasteiger partial charge in [0.25, 0.3) is 0 Å². The van der Waals surface area contributed by atoms with Gasteiger partial charge < -0.3 is 4.74 Å². The second kappa shape index (κ2) is 7.66. The Bertz CT molecular complexity index is 1270. The van der Waals surface area contributed by atoms with Gasteiger partial charge in [0.1, 0.15) is 5.75 Å². The Morgan fingerprint density at radius 2 is 1.90 bits per heavy atom. The van der Waals surface area contributed by atoms with Crippen molar-refractivity contribution in [1.29, 1.82) is 0 Å². The van der Waals surface area contributed by atoms with Crippen molar-refractivity contribution in [3.8, 4) is 17.0 Å². The lowest BCUT2D eigenvalue weighted by Crippen LogP contribution is -2.11. The highest BCUT2D eigenvalue weighted by Crippen LogP contribution is 2.27. The van der Waals surface area contributed by atoms with Crippen LogP contribution in [-0.2, 0) is 10.0 Å². The Morgan fingerprint density at radius 3 is 2.55 bits per heavy atom. The lowest BCUT2D eigenvalue weighted by atomic mass is 10.1. The highest BCUT2D eigenvalue weighted by atomic mass is 32.2. The third kappa shape index (κ3) is 3.99. The molecule has 2 heterocycles. The summed E-state index contributed by atoms with van der Waals surface area (Å²) < 4.78 is 29.8. The van der Waals surface area contributed by atoms with Gasteiger partial charge in [-0.15, -0.1) is 11.3 Å². The van der Waals surface area contributed by atoms with Gasteiger partial charge in [-0.3, -0.25) is 9.83 Å². The molecule has 3 N–H and O–H groups in total. The number of rotatable bonds is 6. The van der Waals surface area contributed by atoms with Gasteiger partial charge in [-0.25, -0.2) is 18.5 Å². The largest absolute Gasteiger partial charge is 0.497 e. The number of benzene rings is 2. The van der Waals surface area contributed by atoms with E-state index in [-0.39, 0.29) is 4.90 Å². The lowest BCUT2D eigenvalue weighted by Gasteiger charge is -2.04. The molecule has 148 valence electrons. The van der Waals surface area contributed by atoms with Crippen LogP contribution in [0.15, 0.2) is 70.1 Å². The number of methoxy groups -OCH3 is 1. The van der Waals surface area contributed by atoms with Gasteiger partial charge in [0.05, 0.1) is 35.3 Å². The maximum absolute atomic E-state index is 11.3. The topological polar surface area (TPSA) is 111 Å². The van der Waals surface area contributed by atoms with Crippen molar-refractivity contribution in [1.82, 2.24) is 9.38 Å². The van der Waals surface area contributed by atoms with Gasteiger partial charge in [0.15, 0.2) is 4.96 Å². The van der Waals surface area contributed by atoms with Crippen LogP contribution in [0, 0.1) is 0 Å². The molecule has 0 radical (unpaired) electrons. The number of anilines is 1. The normalized spacial score (nSPS) is 11.9. The van der Waals surface area contributed by atoms with E-state index in [9.17, 15) is 8.42 Å². The van der Waals surface area contributed by atoms with E-state index in [0.29, 0.717) is 5.69 Å². The number of ether oxygens (including phenoxy) is 1. The van der Waals surface area contributed by atoms with Crippen molar-refractivity contribution in [3.63, 3.8) is 0 Å². The first-order chi connectivity index (χ1) is 14.0. The quantitative estimate of drug-likeness (QED) is 0.363. The van der Waals surface area contributed by atoms with Crippen LogP contribution in [0.25, 0.3) is 16.2 Å². The van der Waals surface area contributed by atoms with Gasteiger partial charge in [-0.05, 0) is 48.5 Å². The minimum atomic E-state index is -3.72. The molecule has 4 aromatic rings. The summed E-state index contributed by atoms with van der Waals surface area (Å²) in [6.07, 6.45) is 3.61. The van der Waals surface area contributed by atoms with E-state index >= 15 is 0 Å². The van der Waals surface area contributed by atoms with Crippen LogP contribution in [0.4, 0.5) is 5.69 Å². The van der Waals surface area contributed by atoms with Crippen LogP contribution in [-0.4, -0.2) is 31.1 Å². The Hall–Kier alpha value is -3.21. The van der Waals surface area contributed by atoms with E-state index in [2.05, 4.69) is 10.5 Å². The maximum atomic E-state index is 11.3. The van der Waals surface area contributed by atoms with Crippen molar-refractivity contribution < 1.29 is 13.2 Å². The van der Waals surface area contributed by atoms with Crippen molar-refractivity contribution >= 4 is 38.2 Å². The fourth-order valence-electron chi connectivity index (χ4n) is 2.78. The smallest absolute Gasteiger partial charge is 0.238 e. The number of nitrogens with two attached hydrogens (primary N) is 1. The van der Waals surface area contributed by atoms with E-state index in [1.165, 1.54) is 23.5 Å². The molecular formula is C19H17N5O3S2. The number of nitrogens with zero attached hydrogens (tertiary/aromatic N) is 3. The SMILES string of the molecule is COc1ccc(-c2nc3sccn3c2/C=N/Nc2ccc(S(N)(=O)=O)cc2)cc1. The van der Waals surface area contributed by atoms with Crippen LogP contribution in [0.5, 0.6) is 5.75 Å². The molecule has 0 aliphatic carbocycles. The standard InChI is InChI=1S/C19H17N5O3S2/c1-27-15-6-2-13(3-7-15)18-17(24-10-11-28-19(24)22-18)12-21-23-14-4-8-16(9-5-14)29(20,25)26/h2-12,23H,1H3,(H2,20,25,26)/b21-12+. The summed E-state index contributed by atoms with van der Waals surface area (Å²) in [7, 11) is -2.09. The molecule has 10 heteroatoms. The second-order valence-corrected chi connectivity index (χ2v) is 8.50. The summed E-state index contributed by atoms with van der Waals surface area (Å²) in [4.78, 5) is 5.61. The van der Waals surface area contributed by atoms with E-state index in [1.54, 1.807) is 25.5 Å². The summed E-state index contributed by atoms with van der Waals surface area (Å²) in [6, 6.07) is 13.7. The minimum Gasteiger partial charge on any atom is -0.497 e. The van der Waals surface area contributed by atoms with Gasteiger partial charge in [-0.1, -0.05) is 0 Å². The molecule has 2 aromatic heterocycles. The number of imidazole rings is 1. The fraction of sp³-hybridized carbons (Fsp3) is 0.0526. The van der Waals surface area contributed by atoms with E-state index in [4.69, 9.17) is 14.9 Å². The van der Waals surface area contributed by atoms with Crippen LogP contribution in [0.2, 0.25) is 0 Å². The highest BCUT2D eigenvalue weighted by molar-refractivity contribution is 7.89. The first-order valence-corrected chi connectivity index (χ1v) is 10.9. The van der Waals surface area contributed by atoms with Gasteiger partial charge in [-0.2, -0.15) is 5.10 Å². The van der Waals surface area contributed by atoms with Crippen LogP contribution < -0.4 is 15.3 Å². The number of sulfonamides is 1. The van der Waals surface area contributed by atoms with Crippen LogP contribution in [0.1, 0.15) is 5.69 Å². The number of hydrogen-bond donors (Lipinski definition) is 2. The summed E-state index contributed by atoms with van der Waals surface area (Å²) in [6.45, 7) is 0. The molecule has 0 atom stereocenters. The fourth-order valence-corrected chi connectivity index (χ4v) is 4.01. The number of hydrazone groups is 1. The van der Waals surface area contributed by atoms with E-state index in [0.717, 1.165) is 27.7 Å². The highest BCUT2D eigenvalue weighted by Gasteiger charge is 2.13. The Morgan fingerprint density at radius 1 is 1.17 bits per heavy atom. The van der Waals surface area contributed by atoms with Gasteiger partial charge in [0, 0.05) is 17.1 Å². The Balaban J connectivity index is 1.62. The van der Waals surface area contributed by atoms with Crippen molar-refractivity contribution in [3.05, 3.63) is 65.8 Å². The molecule has 0 saturated heterocycles. The molecule has 4 rings (SSSR count). The zero-order chi connectivity index (χ0) is 20.4. The summed E-state index contributed by atoms with van der Waals surface area (Å²) >= 11 is 1.53. The van der Waals surface area contributed by atoms with Crippen LogP contribution in [0.3, 0.4) is 0 Å². The zero-order valence-corrected chi connectivity index (χ0v) is 16.9. The number of nitrogens with one attached hydrogen (secondary N) is 1. The molecular weight excluding hydrogens is 410 g/mol. The monoisotopic (exact) mass is 427 g/mol. The first kappa shape index (κ1) is 19.1. The average Bonchev–Trinajstić information content (AvgIpc) is 3.30. The zero-order valence-electron chi connectivity index (χ0n) is 15.3. The number of thiazole rings is 1. The average molecular weight is 428 g/mol. The molecule has 0 aliphatic rings. The third-order valence-corrected chi connectivity index (χ3v) is 5.91. The Kier molecular flexibility index (Phi) is 5.05. The number of primary sulfonamides is 1. The molecule has 29 heavy (non-hydrogen) atoms.